The van der Waals surface area contributed by atoms with Gasteiger partial charge >= 0.3 is 0 Å². The van der Waals surface area contributed by atoms with Crippen LogP contribution in [0.2, 0.25) is 0 Å². The Balaban J connectivity index is 1.55. The Labute approximate surface area is 196 Å². The summed E-state index contributed by atoms with van der Waals surface area (Å²) in [5.74, 6) is 1.39. The highest BCUT2D eigenvalue weighted by Crippen LogP contribution is 2.45. The van der Waals surface area contributed by atoms with Crippen LogP contribution < -0.4 is 0 Å². The zero-order valence-corrected chi connectivity index (χ0v) is 18.5. The Bertz CT molecular complexity index is 1560. The molecule has 0 N–H and O–H groups in total. The molecule has 0 spiro atoms. The van der Waals surface area contributed by atoms with Gasteiger partial charge in [-0.3, -0.25) is 0 Å². The molecule has 6 aromatic rings. The second kappa shape index (κ2) is 8.41. The van der Waals surface area contributed by atoms with Crippen LogP contribution in [0.1, 0.15) is 0 Å². The maximum absolute atomic E-state index is 4.84. The second-order valence-corrected chi connectivity index (χ2v) is 8.74. The van der Waals surface area contributed by atoms with Crippen LogP contribution in [-0.2, 0) is 0 Å². The van der Waals surface area contributed by atoms with Gasteiger partial charge in [0, 0.05) is 26.8 Å². The summed E-state index contributed by atoms with van der Waals surface area (Å²) in [6, 6.07) is 37.7. The Kier molecular flexibility index (Phi) is 4.98. The molecule has 0 atom stereocenters. The Morgan fingerprint density at radius 1 is 0.455 bits per heavy atom. The highest BCUT2D eigenvalue weighted by molar-refractivity contribution is 7.21. The molecule has 156 valence electrons. The van der Waals surface area contributed by atoms with Gasteiger partial charge in [-0.2, -0.15) is 0 Å². The molecule has 0 aliphatic heterocycles. The molecular weight excluding hydrogens is 422 g/mol. The number of benzene rings is 4. The number of nitrogens with zero attached hydrogens (tertiary/aromatic N) is 3. The first-order valence-electron chi connectivity index (χ1n) is 10.8. The van der Waals surface area contributed by atoms with E-state index in [1.807, 2.05) is 30.3 Å². The summed E-state index contributed by atoms with van der Waals surface area (Å²) in [5, 5.41) is 2.37. The van der Waals surface area contributed by atoms with Crippen molar-refractivity contribution in [3.05, 3.63) is 116 Å². The first-order chi connectivity index (χ1) is 16.4. The van der Waals surface area contributed by atoms with Gasteiger partial charge in [-0.1, -0.05) is 109 Å². The average Bonchev–Trinajstić information content (AvgIpc) is 3.29. The van der Waals surface area contributed by atoms with E-state index in [0.29, 0.717) is 11.6 Å². The molecule has 2 heterocycles. The standard InChI is InChI=1S/C29H19N3S/c1-3-11-20(12-4-1)22-15-7-8-16-23(22)26-24-17-9-10-18-25(24)27(33-26)29-31-19-30-28(32-29)21-13-5-2-6-14-21/h1-19H. The van der Waals surface area contributed by atoms with E-state index in [4.69, 9.17) is 4.98 Å². The Morgan fingerprint density at radius 2 is 1.00 bits per heavy atom. The van der Waals surface area contributed by atoms with Crippen LogP contribution in [0.3, 0.4) is 0 Å². The van der Waals surface area contributed by atoms with E-state index in [0.717, 1.165) is 15.8 Å². The predicted molar refractivity (Wildman–Crippen MR) is 137 cm³/mol. The lowest BCUT2D eigenvalue weighted by atomic mass is 9.97. The number of fused-ring (bicyclic) bond motifs is 1. The van der Waals surface area contributed by atoms with E-state index in [1.165, 1.54) is 27.0 Å². The molecule has 0 fully saturated rings. The summed E-state index contributed by atoms with van der Waals surface area (Å²) in [7, 11) is 0. The monoisotopic (exact) mass is 441 g/mol. The average molecular weight is 442 g/mol. The molecule has 0 amide bonds. The van der Waals surface area contributed by atoms with Gasteiger partial charge in [-0.25, -0.2) is 15.0 Å². The van der Waals surface area contributed by atoms with Crippen molar-refractivity contribution in [2.75, 3.05) is 0 Å². The zero-order chi connectivity index (χ0) is 22.0. The van der Waals surface area contributed by atoms with E-state index >= 15 is 0 Å². The van der Waals surface area contributed by atoms with Gasteiger partial charge < -0.3 is 0 Å². The van der Waals surface area contributed by atoms with Crippen molar-refractivity contribution >= 4 is 22.1 Å². The fourth-order valence-electron chi connectivity index (χ4n) is 4.14. The summed E-state index contributed by atoms with van der Waals surface area (Å²) in [4.78, 5) is 16.1. The van der Waals surface area contributed by atoms with Crippen molar-refractivity contribution in [1.82, 2.24) is 15.0 Å². The van der Waals surface area contributed by atoms with Crippen molar-refractivity contribution in [3.63, 3.8) is 0 Å². The van der Waals surface area contributed by atoms with Crippen molar-refractivity contribution in [2.45, 2.75) is 0 Å². The van der Waals surface area contributed by atoms with Gasteiger partial charge in [0.25, 0.3) is 0 Å². The minimum Gasteiger partial charge on any atom is -0.217 e. The quantitative estimate of drug-likeness (QED) is 0.281. The summed E-state index contributed by atoms with van der Waals surface area (Å²) in [6.07, 6.45) is 1.61. The minimum absolute atomic E-state index is 0.685. The van der Waals surface area contributed by atoms with Crippen molar-refractivity contribution in [1.29, 1.82) is 0 Å². The number of thiophene rings is 1. The van der Waals surface area contributed by atoms with E-state index in [2.05, 4.69) is 88.8 Å². The number of rotatable bonds is 4. The van der Waals surface area contributed by atoms with Gasteiger partial charge in [0.1, 0.15) is 6.33 Å². The summed E-state index contributed by atoms with van der Waals surface area (Å²) in [5.41, 5.74) is 4.63. The molecule has 0 saturated carbocycles. The third-order valence-corrected chi connectivity index (χ3v) is 6.93. The summed E-state index contributed by atoms with van der Waals surface area (Å²) < 4.78 is 0. The van der Waals surface area contributed by atoms with E-state index in [1.54, 1.807) is 17.7 Å². The number of hydrogen-bond acceptors (Lipinski definition) is 4. The van der Waals surface area contributed by atoms with Gasteiger partial charge in [0.2, 0.25) is 0 Å². The van der Waals surface area contributed by atoms with Gasteiger partial charge in [0.15, 0.2) is 11.6 Å². The SMILES string of the molecule is c1ccc(-c2ncnc(-c3sc(-c4ccccc4-c4ccccc4)c4ccccc34)n2)cc1. The van der Waals surface area contributed by atoms with Crippen molar-refractivity contribution in [2.24, 2.45) is 0 Å². The summed E-state index contributed by atoms with van der Waals surface area (Å²) in [6.45, 7) is 0. The maximum Gasteiger partial charge on any atom is 0.173 e. The lowest BCUT2D eigenvalue weighted by Gasteiger charge is -2.09. The molecule has 0 unspecified atom stereocenters. The Hall–Kier alpha value is -4.15. The molecule has 6 rings (SSSR count). The van der Waals surface area contributed by atoms with Gasteiger partial charge in [-0.05, 0) is 11.1 Å². The molecule has 33 heavy (non-hydrogen) atoms. The lowest BCUT2D eigenvalue weighted by molar-refractivity contribution is 1.07. The van der Waals surface area contributed by atoms with E-state index in [-0.39, 0.29) is 0 Å². The molecule has 3 nitrogen and oxygen atoms in total. The van der Waals surface area contributed by atoms with Crippen LogP contribution in [0.15, 0.2) is 116 Å². The lowest BCUT2D eigenvalue weighted by Crippen LogP contribution is -1.93. The number of aromatic nitrogens is 3. The van der Waals surface area contributed by atoms with E-state index in [9.17, 15) is 0 Å². The van der Waals surface area contributed by atoms with Gasteiger partial charge in [0.05, 0.1) is 4.88 Å². The van der Waals surface area contributed by atoms with Crippen LogP contribution in [0.5, 0.6) is 0 Å². The molecule has 4 aromatic carbocycles. The highest BCUT2D eigenvalue weighted by atomic mass is 32.1. The third kappa shape index (κ3) is 3.60. The van der Waals surface area contributed by atoms with Crippen molar-refractivity contribution < 1.29 is 0 Å². The predicted octanol–water partition coefficient (Wildman–Crippen LogP) is 7.75. The minimum atomic E-state index is 0.685. The van der Waals surface area contributed by atoms with Crippen LogP contribution in [0, 0.1) is 0 Å². The molecule has 2 aromatic heterocycles. The molecule has 0 radical (unpaired) electrons. The molecule has 4 heteroatoms. The topological polar surface area (TPSA) is 38.7 Å². The molecule has 0 aliphatic carbocycles. The van der Waals surface area contributed by atoms with Crippen LogP contribution in [0.25, 0.3) is 54.4 Å². The van der Waals surface area contributed by atoms with Crippen LogP contribution in [-0.4, -0.2) is 15.0 Å². The molecular formula is C29H19N3S. The van der Waals surface area contributed by atoms with Crippen LogP contribution in [0.4, 0.5) is 0 Å². The second-order valence-electron chi connectivity index (χ2n) is 7.72. The zero-order valence-electron chi connectivity index (χ0n) is 17.7. The number of hydrogen-bond donors (Lipinski definition) is 0. The molecule has 0 saturated heterocycles. The Morgan fingerprint density at radius 3 is 1.73 bits per heavy atom. The third-order valence-electron chi connectivity index (χ3n) is 5.68. The first-order valence-corrected chi connectivity index (χ1v) is 11.6. The fraction of sp³-hybridized carbons (Fsp3) is 0. The largest absolute Gasteiger partial charge is 0.217 e. The fourth-order valence-corrected chi connectivity index (χ4v) is 5.40. The first kappa shape index (κ1) is 19.5. The normalized spacial score (nSPS) is 11.0. The maximum atomic E-state index is 4.84. The summed E-state index contributed by atoms with van der Waals surface area (Å²) >= 11 is 1.74. The smallest absolute Gasteiger partial charge is 0.173 e. The van der Waals surface area contributed by atoms with E-state index < -0.39 is 0 Å². The van der Waals surface area contributed by atoms with Gasteiger partial charge in [-0.15, -0.1) is 11.3 Å². The van der Waals surface area contributed by atoms with Crippen LogP contribution >= 0.6 is 11.3 Å². The van der Waals surface area contributed by atoms with Crippen molar-refractivity contribution in [3.8, 4) is 43.7 Å². The molecule has 0 bridgehead atoms. The molecule has 0 aliphatic rings. The highest BCUT2D eigenvalue weighted by Gasteiger charge is 2.18.